The molecule has 0 bridgehead atoms. The second kappa shape index (κ2) is 31.7. The number of carbonyl (C=O) groups is 3. The van der Waals surface area contributed by atoms with Crippen LogP contribution in [-0.2, 0) is 14.4 Å². The fourth-order valence-corrected chi connectivity index (χ4v) is 1.56. The zero-order valence-corrected chi connectivity index (χ0v) is 17.7. The third-order valence-electron chi connectivity index (χ3n) is 2.95. The Hall–Kier alpha value is -1.10. The smallest absolute Gasteiger partial charge is 0.550 e. The van der Waals surface area contributed by atoms with Gasteiger partial charge in [-0.15, -0.1) is 0 Å². The van der Waals surface area contributed by atoms with Crippen LogP contribution in [0.2, 0.25) is 0 Å². The normalized spacial score (nSPS) is 8.42. The number of hydrogen-bond acceptors (Lipinski definition) is 6. The molecule has 0 saturated carbocycles. The van der Waals surface area contributed by atoms with Crippen LogP contribution in [0.4, 0.5) is 0 Å². The van der Waals surface area contributed by atoms with Crippen molar-refractivity contribution in [3.63, 3.8) is 0 Å². The van der Waals surface area contributed by atoms with Gasteiger partial charge in [-0.3, -0.25) is 0 Å². The summed E-state index contributed by atoms with van der Waals surface area (Å²) < 4.78 is 0. The van der Waals surface area contributed by atoms with E-state index in [0.717, 1.165) is 57.8 Å². The van der Waals surface area contributed by atoms with Crippen LogP contribution >= 0.6 is 0 Å². The van der Waals surface area contributed by atoms with Crippen LogP contribution in [0, 0.1) is 0 Å². The van der Waals surface area contributed by atoms with E-state index in [1.165, 1.54) is 0 Å². The zero-order valence-electron chi connectivity index (χ0n) is 16.5. The molecule has 0 amide bonds. The Bertz CT molecular complexity index is 262. The van der Waals surface area contributed by atoms with Gasteiger partial charge in [0.1, 0.15) is 0 Å². The van der Waals surface area contributed by atoms with Crippen LogP contribution < -0.4 is 15.3 Å². The van der Waals surface area contributed by atoms with Crippen molar-refractivity contribution in [2.45, 2.75) is 97.8 Å². The Kier molecular flexibility index (Phi) is 43.7. The maximum Gasteiger partial charge on any atom is 3.00 e. The molecule has 0 radical (unpaired) electrons. The molecule has 26 heavy (non-hydrogen) atoms. The number of rotatable bonds is 12. The van der Waals surface area contributed by atoms with Gasteiger partial charge in [-0.2, -0.15) is 0 Å². The van der Waals surface area contributed by atoms with Gasteiger partial charge in [0.25, 0.3) is 0 Å². The van der Waals surface area contributed by atoms with Crippen molar-refractivity contribution < 1.29 is 35.2 Å². The second-order valence-electron chi connectivity index (χ2n) is 5.49. The molecule has 0 aliphatic rings. The van der Waals surface area contributed by atoms with Crippen LogP contribution in [0.15, 0.2) is 0 Å². The van der Waals surface area contributed by atoms with Gasteiger partial charge < -0.3 is 35.2 Å². The molecule has 152 valence electrons. The maximum absolute atomic E-state index is 9.76. The molecule has 8 heteroatoms. The van der Waals surface area contributed by atoms with Gasteiger partial charge in [0.2, 0.25) is 0 Å². The van der Waals surface area contributed by atoms with Crippen molar-refractivity contribution in [1.29, 1.82) is 0 Å². The van der Waals surface area contributed by atoms with Gasteiger partial charge in [-0.05, 0) is 38.5 Å². The Morgan fingerprint density at radius 2 is 0.731 bits per heavy atom. The van der Waals surface area contributed by atoms with E-state index in [-0.39, 0.29) is 42.1 Å². The van der Waals surface area contributed by atoms with Crippen LogP contribution in [0.1, 0.15) is 97.8 Å². The first-order chi connectivity index (χ1) is 11.3. The number of carbonyl (C=O) groups excluding carboxylic acids is 3. The molecule has 2 N–H and O–H groups in total. The molecule has 0 aliphatic heterocycles. The summed E-state index contributed by atoms with van der Waals surface area (Å²) in [4.78, 5) is 29.3. The van der Waals surface area contributed by atoms with E-state index in [1.807, 2.05) is 20.8 Å². The van der Waals surface area contributed by atoms with Crippen molar-refractivity contribution >= 4 is 35.3 Å². The molecular formula is C18H35AlO7. The van der Waals surface area contributed by atoms with Crippen LogP contribution in [0.25, 0.3) is 0 Å². The minimum absolute atomic E-state index is 0. The van der Waals surface area contributed by atoms with E-state index in [2.05, 4.69) is 0 Å². The van der Waals surface area contributed by atoms with E-state index in [0.29, 0.717) is 0 Å². The molecule has 0 fully saturated rings. The van der Waals surface area contributed by atoms with Crippen molar-refractivity contribution in [3.05, 3.63) is 0 Å². The molecule has 0 atom stereocenters. The summed E-state index contributed by atoms with van der Waals surface area (Å²) in [5, 5.41) is 29.3. The minimum atomic E-state index is -0.932. The minimum Gasteiger partial charge on any atom is -0.550 e. The number of hydrogen-bond donors (Lipinski definition) is 0. The molecule has 0 rings (SSSR count). The average Bonchev–Trinajstić information content (AvgIpc) is 2.48. The van der Waals surface area contributed by atoms with E-state index in [4.69, 9.17) is 0 Å². The van der Waals surface area contributed by atoms with Gasteiger partial charge in [-0.25, -0.2) is 0 Å². The van der Waals surface area contributed by atoms with E-state index >= 15 is 0 Å². The first-order valence-corrected chi connectivity index (χ1v) is 8.91. The Labute approximate surface area is 168 Å². The van der Waals surface area contributed by atoms with Crippen molar-refractivity contribution in [3.8, 4) is 0 Å². The van der Waals surface area contributed by atoms with Crippen LogP contribution in [0.3, 0.4) is 0 Å². The zero-order chi connectivity index (χ0) is 19.2. The number of carboxylic acids is 3. The van der Waals surface area contributed by atoms with Crippen molar-refractivity contribution in [2.24, 2.45) is 0 Å². The maximum atomic E-state index is 9.76. The van der Waals surface area contributed by atoms with Crippen molar-refractivity contribution in [1.82, 2.24) is 0 Å². The fourth-order valence-electron chi connectivity index (χ4n) is 1.56. The van der Waals surface area contributed by atoms with Crippen LogP contribution in [-0.4, -0.2) is 40.7 Å². The SMILES string of the molecule is CCCCCC(=O)[O-].CCCCCC(=O)[O-].CCCCCC(=O)[O-].O.[Al+3]. The summed E-state index contributed by atoms with van der Waals surface area (Å²) in [6.45, 7) is 6.11. The Morgan fingerprint density at radius 1 is 0.538 bits per heavy atom. The Balaban J connectivity index is -0.0000000817. The average molecular weight is 390 g/mol. The first kappa shape index (κ1) is 35.9. The van der Waals surface area contributed by atoms with Crippen LogP contribution in [0.5, 0.6) is 0 Å². The molecule has 0 aromatic rings. The molecule has 0 heterocycles. The second-order valence-corrected chi connectivity index (χ2v) is 5.49. The summed E-state index contributed by atoms with van der Waals surface area (Å²) >= 11 is 0. The van der Waals surface area contributed by atoms with Gasteiger partial charge >= 0.3 is 17.4 Å². The third-order valence-corrected chi connectivity index (χ3v) is 2.95. The fraction of sp³-hybridized carbons (Fsp3) is 0.833. The molecule has 0 saturated heterocycles. The van der Waals surface area contributed by atoms with Gasteiger partial charge in [-0.1, -0.05) is 59.3 Å². The number of aliphatic carboxylic acids is 3. The molecular weight excluding hydrogens is 355 g/mol. The molecule has 0 aromatic carbocycles. The molecule has 0 aromatic heterocycles. The van der Waals surface area contributed by atoms with Gasteiger partial charge in [0, 0.05) is 17.9 Å². The van der Waals surface area contributed by atoms with Crippen molar-refractivity contribution in [2.75, 3.05) is 0 Å². The molecule has 0 spiro atoms. The summed E-state index contributed by atoms with van der Waals surface area (Å²) in [6, 6.07) is 0. The van der Waals surface area contributed by atoms with Gasteiger partial charge in [0.05, 0.1) is 0 Å². The molecule has 0 unspecified atom stereocenters. The Morgan fingerprint density at radius 3 is 0.846 bits per heavy atom. The van der Waals surface area contributed by atoms with E-state index in [9.17, 15) is 29.7 Å². The third kappa shape index (κ3) is 56.8. The molecule has 0 aliphatic carbocycles. The topological polar surface area (TPSA) is 152 Å². The predicted molar refractivity (Wildman–Crippen MR) is 96.8 cm³/mol. The monoisotopic (exact) mass is 390 g/mol. The van der Waals surface area contributed by atoms with E-state index < -0.39 is 17.9 Å². The summed E-state index contributed by atoms with van der Waals surface area (Å²) in [5.41, 5.74) is 0. The van der Waals surface area contributed by atoms with Gasteiger partial charge in [0.15, 0.2) is 0 Å². The quantitative estimate of drug-likeness (QED) is 0.331. The van der Waals surface area contributed by atoms with E-state index in [1.54, 1.807) is 0 Å². The standard InChI is InChI=1S/3C6H12O2.Al.H2O/c3*1-2-3-4-5-6(7)8;;/h3*2-5H2,1H3,(H,7,8);;1H2/q;;;+3;/p-3. The summed E-state index contributed by atoms with van der Waals surface area (Å²) in [7, 11) is 0. The number of unbranched alkanes of at least 4 members (excludes halogenated alkanes) is 6. The molecule has 7 nitrogen and oxygen atoms in total. The summed E-state index contributed by atoms with van der Waals surface area (Å²) in [6.07, 6.45) is 9.11. The number of carboxylic acid groups (broad SMARTS) is 3. The largest absolute Gasteiger partial charge is 3.00 e. The first-order valence-electron chi connectivity index (χ1n) is 8.91. The summed E-state index contributed by atoms with van der Waals surface area (Å²) in [5.74, 6) is -2.80. The predicted octanol–water partition coefficient (Wildman–Crippen LogP) is -0.256.